The normalized spacial score (nSPS) is 13.0. The molecule has 0 bridgehead atoms. The van der Waals surface area contributed by atoms with Crippen molar-refractivity contribution in [2.24, 2.45) is 5.92 Å². The Labute approximate surface area is 215 Å². The van der Waals surface area contributed by atoms with Gasteiger partial charge in [-0.05, 0) is 55.3 Å². The summed E-state index contributed by atoms with van der Waals surface area (Å²) >= 11 is 12.4. The molecule has 3 rings (SSSR count). The smallest absolute Gasteiger partial charge is 0.344 e. The Hall–Kier alpha value is -2.83. The predicted octanol–water partition coefficient (Wildman–Crippen LogP) is 7.38. The third kappa shape index (κ3) is 6.24. The molecule has 0 spiro atoms. The highest BCUT2D eigenvalue weighted by Gasteiger charge is 2.25. The van der Waals surface area contributed by atoms with Gasteiger partial charge < -0.3 is 14.3 Å². The van der Waals surface area contributed by atoms with E-state index in [2.05, 4.69) is 4.98 Å². The highest BCUT2D eigenvalue weighted by atomic mass is 35.5. The van der Waals surface area contributed by atoms with Crippen molar-refractivity contribution in [1.82, 2.24) is 4.98 Å². The molecular formula is C27H29Cl2NO5. The van der Waals surface area contributed by atoms with Gasteiger partial charge in [0, 0.05) is 28.8 Å². The van der Waals surface area contributed by atoms with Crippen molar-refractivity contribution in [2.45, 2.75) is 59.5 Å². The van der Waals surface area contributed by atoms with Crippen LogP contribution in [0.25, 0.3) is 11.5 Å². The van der Waals surface area contributed by atoms with Crippen LogP contribution in [0, 0.1) is 12.8 Å². The van der Waals surface area contributed by atoms with Gasteiger partial charge in [-0.3, -0.25) is 4.79 Å². The van der Waals surface area contributed by atoms with Crippen LogP contribution < -0.4 is 4.74 Å². The van der Waals surface area contributed by atoms with E-state index in [1.807, 2.05) is 20.8 Å². The fourth-order valence-corrected chi connectivity index (χ4v) is 4.29. The monoisotopic (exact) mass is 517 g/mol. The van der Waals surface area contributed by atoms with Crippen LogP contribution in [0.5, 0.6) is 5.75 Å². The summed E-state index contributed by atoms with van der Waals surface area (Å²) in [5.41, 5.74) is 2.58. The van der Waals surface area contributed by atoms with Gasteiger partial charge in [-0.1, -0.05) is 50.9 Å². The number of nitrogens with zero attached hydrogens (tertiary/aromatic N) is 1. The van der Waals surface area contributed by atoms with Gasteiger partial charge in [-0.25, -0.2) is 9.78 Å². The number of oxazole rings is 1. The third-order valence-electron chi connectivity index (χ3n) is 5.74. The topological polar surface area (TPSA) is 89.6 Å². The number of carboxylic acids is 1. The summed E-state index contributed by atoms with van der Waals surface area (Å²) in [6, 6.07) is 10.2. The number of aryl methyl sites for hydroxylation is 1. The molecule has 0 aliphatic rings. The Morgan fingerprint density at radius 3 is 2.40 bits per heavy atom. The van der Waals surface area contributed by atoms with Crippen LogP contribution in [0.15, 0.2) is 40.8 Å². The molecule has 1 N–H and O–H groups in total. The summed E-state index contributed by atoms with van der Waals surface area (Å²) in [6.45, 7) is 9.41. The molecule has 6 nitrogen and oxygen atoms in total. The molecule has 3 aromatic rings. The lowest BCUT2D eigenvalue weighted by Crippen LogP contribution is -2.26. The molecule has 0 aliphatic heterocycles. The van der Waals surface area contributed by atoms with Gasteiger partial charge in [-0.15, -0.1) is 0 Å². The lowest BCUT2D eigenvalue weighted by atomic mass is 9.92. The van der Waals surface area contributed by atoms with E-state index in [1.165, 1.54) is 0 Å². The maximum absolute atomic E-state index is 13.2. The van der Waals surface area contributed by atoms with Crippen LogP contribution in [0.2, 0.25) is 10.0 Å². The average Bonchev–Trinajstić information content (AvgIpc) is 3.21. The molecule has 0 saturated heterocycles. The number of ether oxygens (including phenoxy) is 1. The van der Waals surface area contributed by atoms with Gasteiger partial charge >= 0.3 is 5.97 Å². The molecular weight excluding hydrogens is 489 g/mol. The Balaban J connectivity index is 1.82. The van der Waals surface area contributed by atoms with Crippen molar-refractivity contribution < 1.29 is 23.8 Å². The molecule has 8 heteroatoms. The van der Waals surface area contributed by atoms with Crippen molar-refractivity contribution >= 4 is 35.0 Å². The Morgan fingerprint density at radius 2 is 1.83 bits per heavy atom. The van der Waals surface area contributed by atoms with Gasteiger partial charge in [-0.2, -0.15) is 0 Å². The van der Waals surface area contributed by atoms with E-state index in [9.17, 15) is 14.7 Å². The number of rotatable bonds is 10. The van der Waals surface area contributed by atoms with Gasteiger partial charge in [0.05, 0.1) is 16.3 Å². The minimum absolute atomic E-state index is 0.0475. The first kappa shape index (κ1) is 26.8. The number of carbonyl (C=O) groups excluding carboxylic acids is 1. The first-order valence-electron chi connectivity index (χ1n) is 11.5. The van der Waals surface area contributed by atoms with Crippen LogP contribution in [0.3, 0.4) is 0 Å². The SMILES string of the molecule is CCC(Oc1ccc(C(=O)C(C)Cc2nc(-c3ccc(Cl)cc3Cl)oc2C(C)C)cc1C)C(=O)O. The predicted molar refractivity (Wildman–Crippen MR) is 137 cm³/mol. The molecule has 1 heterocycles. The maximum atomic E-state index is 13.2. The van der Waals surface area contributed by atoms with E-state index in [4.69, 9.17) is 32.4 Å². The second-order valence-corrected chi connectivity index (χ2v) is 9.76. The molecule has 2 atom stereocenters. The van der Waals surface area contributed by atoms with Crippen molar-refractivity contribution in [2.75, 3.05) is 0 Å². The Morgan fingerprint density at radius 1 is 1.11 bits per heavy atom. The number of carboxylic acid groups (broad SMARTS) is 1. The molecule has 2 aromatic carbocycles. The number of carbonyl (C=O) groups is 2. The van der Waals surface area contributed by atoms with Gasteiger partial charge in [0.15, 0.2) is 11.9 Å². The van der Waals surface area contributed by atoms with Crippen LogP contribution in [-0.4, -0.2) is 27.9 Å². The lowest BCUT2D eigenvalue weighted by Gasteiger charge is -2.16. The standard InChI is InChI=1S/C27H29Cl2NO5/c1-6-22(27(32)33)34-23-10-7-17(11-15(23)4)24(31)16(5)12-21-25(14(2)3)35-26(30-21)19-9-8-18(28)13-20(19)29/h7-11,13-14,16,22H,6,12H2,1-5H3,(H,32,33). The van der Waals surface area contributed by atoms with Gasteiger partial charge in [0.2, 0.25) is 5.89 Å². The zero-order valence-electron chi connectivity index (χ0n) is 20.4. The minimum Gasteiger partial charge on any atom is -0.479 e. The number of aromatic nitrogens is 1. The Kier molecular flexibility index (Phi) is 8.62. The van der Waals surface area contributed by atoms with Crippen LogP contribution in [0.1, 0.15) is 67.4 Å². The van der Waals surface area contributed by atoms with Crippen molar-refractivity contribution in [3.05, 3.63) is 69.0 Å². The number of halogens is 2. The molecule has 0 radical (unpaired) electrons. The molecule has 186 valence electrons. The zero-order valence-corrected chi connectivity index (χ0v) is 21.9. The van der Waals surface area contributed by atoms with Gasteiger partial charge in [0.1, 0.15) is 11.5 Å². The van der Waals surface area contributed by atoms with E-state index >= 15 is 0 Å². The second-order valence-electron chi connectivity index (χ2n) is 8.91. The van der Waals surface area contributed by atoms with Crippen LogP contribution in [-0.2, 0) is 11.2 Å². The van der Waals surface area contributed by atoms with E-state index in [0.717, 1.165) is 0 Å². The van der Waals surface area contributed by atoms with Crippen LogP contribution in [0.4, 0.5) is 0 Å². The largest absolute Gasteiger partial charge is 0.479 e. The summed E-state index contributed by atoms with van der Waals surface area (Å²) in [7, 11) is 0. The third-order valence-corrected chi connectivity index (χ3v) is 6.28. The summed E-state index contributed by atoms with van der Waals surface area (Å²) in [5, 5.41) is 10.2. The molecule has 0 aliphatic carbocycles. The fraction of sp³-hybridized carbons (Fsp3) is 0.370. The van der Waals surface area contributed by atoms with E-state index in [0.29, 0.717) is 62.7 Å². The number of benzene rings is 2. The summed E-state index contributed by atoms with van der Waals surface area (Å²) in [5.74, 6) is 0.198. The van der Waals surface area contributed by atoms with E-state index in [-0.39, 0.29) is 17.6 Å². The summed E-state index contributed by atoms with van der Waals surface area (Å²) < 4.78 is 11.7. The van der Waals surface area contributed by atoms with Crippen LogP contribution >= 0.6 is 23.2 Å². The Bertz CT molecular complexity index is 1230. The fourth-order valence-electron chi connectivity index (χ4n) is 3.80. The number of Topliss-reactive ketones (excluding diaryl/α,β-unsaturated/α-hetero) is 1. The van der Waals surface area contributed by atoms with Crippen molar-refractivity contribution in [1.29, 1.82) is 0 Å². The first-order valence-corrected chi connectivity index (χ1v) is 12.3. The molecule has 1 aromatic heterocycles. The zero-order chi connectivity index (χ0) is 25.9. The summed E-state index contributed by atoms with van der Waals surface area (Å²) in [4.78, 5) is 29.2. The molecule has 0 amide bonds. The number of aliphatic carboxylic acids is 1. The van der Waals surface area contributed by atoms with Crippen molar-refractivity contribution in [3.8, 4) is 17.2 Å². The summed E-state index contributed by atoms with van der Waals surface area (Å²) in [6.07, 6.45) is -0.194. The highest BCUT2D eigenvalue weighted by Crippen LogP contribution is 2.34. The first-order chi connectivity index (χ1) is 16.5. The second kappa shape index (κ2) is 11.3. The molecule has 0 fully saturated rings. The van der Waals surface area contributed by atoms with Gasteiger partial charge in [0.25, 0.3) is 0 Å². The maximum Gasteiger partial charge on any atom is 0.344 e. The van der Waals surface area contributed by atoms with Crippen molar-refractivity contribution in [3.63, 3.8) is 0 Å². The molecule has 0 saturated carbocycles. The average molecular weight is 518 g/mol. The molecule has 2 unspecified atom stereocenters. The highest BCUT2D eigenvalue weighted by molar-refractivity contribution is 6.36. The molecule has 35 heavy (non-hydrogen) atoms. The number of hydrogen-bond acceptors (Lipinski definition) is 5. The lowest BCUT2D eigenvalue weighted by molar-refractivity contribution is -0.145. The van der Waals surface area contributed by atoms with E-state index < -0.39 is 12.1 Å². The number of ketones is 1. The quantitative estimate of drug-likeness (QED) is 0.282. The number of hydrogen-bond donors (Lipinski definition) is 1. The van der Waals surface area contributed by atoms with E-state index in [1.54, 1.807) is 50.2 Å². The minimum atomic E-state index is -1.02.